The molecule has 2 aromatic heterocycles. The largest absolute Gasteiger partial charge is 0.395 e. The smallest absolute Gasteiger partial charge is 0.241 e. The van der Waals surface area contributed by atoms with Crippen LogP contribution in [0.4, 0.5) is 0 Å². The van der Waals surface area contributed by atoms with Gasteiger partial charge in [-0.3, -0.25) is 9.80 Å². The summed E-state index contributed by atoms with van der Waals surface area (Å²) in [6.45, 7) is 5.53. The molecule has 0 spiro atoms. The van der Waals surface area contributed by atoms with Gasteiger partial charge in [0.1, 0.15) is 0 Å². The summed E-state index contributed by atoms with van der Waals surface area (Å²) in [5.41, 5.74) is 0. The fourth-order valence-electron chi connectivity index (χ4n) is 2.35. The number of thiophene rings is 1. The minimum atomic E-state index is 0.226. The molecule has 1 aliphatic heterocycles. The Hall–Kier alpha value is -0.800. The number of β-amino-alcohol motifs (C(OH)–C–C–N with tert-alkyl or cyclic N) is 1. The van der Waals surface area contributed by atoms with Gasteiger partial charge < -0.3 is 9.63 Å². The topological polar surface area (TPSA) is 65.6 Å². The normalized spacial score (nSPS) is 17.4. The number of aromatic nitrogens is 2. The van der Waals surface area contributed by atoms with E-state index < -0.39 is 0 Å². The first kappa shape index (κ1) is 15.1. The zero-order valence-electron chi connectivity index (χ0n) is 11.5. The molecule has 3 rings (SSSR count). The molecule has 2 aromatic rings. The van der Waals surface area contributed by atoms with Gasteiger partial charge in [-0.05, 0) is 22.0 Å². The lowest BCUT2D eigenvalue weighted by Crippen LogP contribution is -2.46. The molecule has 0 amide bonds. The maximum Gasteiger partial charge on any atom is 0.241 e. The van der Waals surface area contributed by atoms with Crippen molar-refractivity contribution in [2.24, 2.45) is 0 Å². The van der Waals surface area contributed by atoms with Crippen molar-refractivity contribution < 1.29 is 9.63 Å². The summed E-state index contributed by atoms with van der Waals surface area (Å²) >= 11 is 5.02. The van der Waals surface area contributed by atoms with Crippen LogP contribution < -0.4 is 0 Å². The van der Waals surface area contributed by atoms with Gasteiger partial charge in [0, 0.05) is 42.6 Å². The second-order valence-electron chi connectivity index (χ2n) is 4.98. The monoisotopic (exact) mass is 372 g/mol. The summed E-state index contributed by atoms with van der Waals surface area (Å²) in [4.78, 5) is 10.0. The van der Waals surface area contributed by atoms with Gasteiger partial charge >= 0.3 is 0 Å². The average Bonchev–Trinajstić information content (AvgIpc) is 3.10. The Labute approximate surface area is 135 Å². The number of rotatable bonds is 5. The fraction of sp³-hybridized carbons (Fsp3) is 0.538. The third-order valence-electron chi connectivity index (χ3n) is 3.50. The Morgan fingerprint density at radius 2 is 2.05 bits per heavy atom. The number of nitrogens with zero attached hydrogens (tertiary/aromatic N) is 4. The summed E-state index contributed by atoms with van der Waals surface area (Å²) in [6.07, 6.45) is 0. The standard InChI is InChI=1S/C13H17BrN4O2S/c14-10-7-11(21-9-10)13-15-12(20-16-13)8-18-3-1-17(2-4-18)5-6-19/h7,9,19H,1-6,8H2. The number of aliphatic hydroxyl groups excluding tert-OH is 1. The Bertz CT molecular complexity index is 580. The summed E-state index contributed by atoms with van der Waals surface area (Å²) in [7, 11) is 0. The van der Waals surface area contributed by atoms with Crippen molar-refractivity contribution >= 4 is 27.3 Å². The summed E-state index contributed by atoms with van der Waals surface area (Å²) in [5.74, 6) is 1.31. The van der Waals surface area contributed by atoms with Crippen LogP contribution in [-0.2, 0) is 6.54 Å². The van der Waals surface area contributed by atoms with E-state index in [9.17, 15) is 0 Å². The molecule has 1 aliphatic rings. The second-order valence-corrected chi connectivity index (χ2v) is 6.81. The van der Waals surface area contributed by atoms with Crippen LogP contribution in [0.25, 0.3) is 10.7 Å². The van der Waals surface area contributed by atoms with E-state index in [1.54, 1.807) is 11.3 Å². The average molecular weight is 373 g/mol. The molecular weight excluding hydrogens is 356 g/mol. The molecule has 1 saturated heterocycles. The van der Waals surface area contributed by atoms with Crippen LogP contribution in [0.1, 0.15) is 5.89 Å². The maximum absolute atomic E-state index is 8.94. The first-order valence-electron chi connectivity index (χ1n) is 6.87. The summed E-state index contributed by atoms with van der Waals surface area (Å²) in [6, 6.07) is 1.99. The SMILES string of the molecule is OCCN1CCN(Cc2nc(-c3cc(Br)cs3)no2)CC1. The van der Waals surface area contributed by atoms with Crippen LogP contribution in [0.3, 0.4) is 0 Å². The van der Waals surface area contributed by atoms with E-state index in [1.807, 2.05) is 11.4 Å². The summed E-state index contributed by atoms with van der Waals surface area (Å²) in [5, 5.41) is 15.0. The lowest BCUT2D eigenvalue weighted by Gasteiger charge is -2.33. The van der Waals surface area contributed by atoms with Gasteiger partial charge in [0.05, 0.1) is 18.0 Å². The molecule has 0 aromatic carbocycles. The molecule has 0 unspecified atom stereocenters. The van der Waals surface area contributed by atoms with Crippen molar-refractivity contribution in [3.63, 3.8) is 0 Å². The Morgan fingerprint density at radius 3 is 2.71 bits per heavy atom. The Kier molecular flexibility index (Phi) is 5.02. The zero-order chi connectivity index (χ0) is 14.7. The number of hydrogen-bond acceptors (Lipinski definition) is 7. The number of aliphatic hydroxyl groups is 1. The van der Waals surface area contributed by atoms with Gasteiger partial charge in [-0.15, -0.1) is 11.3 Å². The molecule has 1 fully saturated rings. The Balaban J connectivity index is 1.56. The molecular formula is C13H17BrN4O2S. The molecule has 0 radical (unpaired) electrons. The number of hydrogen-bond donors (Lipinski definition) is 1. The van der Waals surface area contributed by atoms with Crippen molar-refractivity contribution in [1.82, 2.24) is 19.9 Å². The number of piperazine rings is 1. The van der Waals surface area contributed by atoms with Gasteiger partial charge in [0.2, 0.25) is 11.7 Å². The van der Waals surface area contributed by atoms with Crippen LogP contribution in [0.5, 0.6) is 0 Å². The second kappa shape index (κ2) is 6.97. The van der Waals surface area contributed by atoms with Gasteiger partial charge in [0.15, 0.2) is 0 Å². The molecule has 1 N–H and O–H groups in total. The zero-order valence-corrected chi connectivity index (χ0v) is 13.9. The highest BCUT2D eigenvalue weighted by atomic mass is 79.9. The molecule has 0 atom stereocenters. The van der Waals surface area contributed by atoms with Crippen molar-refractivity contribution in [2.75, 3.05) is 39.3 Å². The highest BCUT2D eigenvalue weighted by Crippen LogP contribution is 2.27. The van der Waals surface area contributed by atoms with Crippen molar-refractivity contribution in [3.05, 3.63) is 21.8 Å². The maximum atomic E-state index is 8.94. The van der Waals surface area contributed by atoms with E-state index in [4.69, 9.17) is 9.63 Å². The first-order valence-corrected chi connectivity index (χ1v) is 8.54. The van der Waals surface area contributed by atoms with Crippen LogP contribution in [-0.4, -0.2) is 64.4 Å². The molecule has 3 heterocycles. The van der Waals surface area contributed by atoms with E-state index in [0.29, 0.717) is 18.3 Å². The minimum Gasteiger partial charge on any atom is -0.395 e. The Morgan fingerprint density at radius 1 is 1.29 bits per heavy atom. The highest BCUT2D eigenvalue weighted by molar-refractivity contribution is 9.10. The van der Waals surface area contributed by atoms with E-state index >= 15 is 0 Å². The lowest BCUT2D eigenvalue weighted by molar-refractivity contribution is 0.101. The van der Waals surface area contributed by atoms with Crippen molar-refractivity contribution in [2.45, 2.75) is 6.54 Å². The van der Waals surface area contributed by atoms with Gasteiger partial charge in [-0.2, -0.15) is 4.98 Å². The van der Waals surface area contributed by atoms with Gasteiger partial charge in [0.25, 0.3) is 0 Å². The van der Waals surface area contributed by atoms with Crippen LogP contribution in [0, 0.1) is 0 Å². The first-order chi connectivity index (χ1) is 10.2. The van der Waals surface area contributed by atoms with Crippen LogP contribution in [0.2, 0.25) is 0 Å². The van der Waals surface area contributed by atoms with Gasteiger partial charge in [-0.1, -0.05) is 5.16 Å². The summed E-state index contributed by atoms with van der Waals surface area (Å²) < 4.78 is 6.38. The highest BCUT2D eigenvalue weighted by Gasteiger charge is 2.19. The predicted molar refractivity (Wildman–Crippen MR) is 84.1 cm³/mol. The molecule has 0 saturated carbocycles. The fourth-order valence-corrected chi connectivity index (χ4v) is 3.70. The van der Waals surface area contributed by atoms with E-state index in [-0.39, 0.29) is 6.61 Å². The quantitative estimate of drug-likeness (QED) is 0.860. The molecule has 0 aliphatic carbocycles. The molecule has 6 nitrogen and oxygen atoms in total. The molecule has 8 heteroatoms. The molecule has 114 valence electrons. The van der Waals surface area contributed by atoms with E-state index in [0.717, 1.165) is 42.1 Å². The van der Waals surface area contributed by atoms with Crippen molar-refractivity contribution in [3.8, 4) is 10.7 Å². The van der Waals surface area contributed by atoms with Crippen LogP contribution >= 0.6 is 27.3 Å². The van der Waals surface area contributed by atoms with Gasteiger partial charge in [-0.25, -0.2) is 0 Å². The number of halogens is 1. The molecule has 0 bridgehead atoms. The van der Waals surface area contributed by atoms with Crippen molar-refractivity contribution in [1.29, 1.82) is 0 Å². The van der Waals surface area contributed by atoms with E-state index in [1.165, 1.54) is 0 Å². The third kappa shape index (κ3) is 3.89. The molecule has 21 heavy (non-hydrogen) atoms. The van der Waals surface area contributed by atoms with Crippen LogP contribution in [0.15, 0.2) is 20.4 Å². The minimum absolute atomic E-state index is 0.226. The van der Waals surface area contributed by atoms with E-state index in [2.05, 4.69) is 35.9 Å². The third-order valence-corrected chi connectivity index (χ3v) is 5.18. The predicted octanol–water partition coefficient (Wildman–Crippen LogP) is 1.67. The lowest BCUT2D eigenvalue weighted by atomic mass is 10.3.